The van der Waals surface area contributed by atoms with Gasteiger partial charge in [0.15, 0.2) is 17.9 Å². The van der Waals surface area contributed by atoms with Crippen molar-refractivity contribution in [1.82, 2.24) is 0 Å². The van der Waals surface area contributed by atoms with Crippen LogP contribution in [-0.2, 0) is 0 Å². The van der Waals surface area contributed by atoms with Crippen molar-refractivity contribution in [1.29, 1.82) is 0 Å². The Morgan fingerprint density at radius 2 is 2.08 bits per heavy atom. The molecule has 0 saturated heterocycles. The van der Waals surface area contributed by atoms with Crippen LogP contribution in [0.2, 0.25) is 0 Å². The summed E-state index contributed by atoms with van der Waals surface area (Å²) < 4.78 is 35.4. The van der Waals surface area contributed by atoms with Crippen molar-refractivity contribution in [3.63, 3.8) is 0 Å². The van der Waals surface area contributed by atoms with Crippen LogP contribution in [0.25, 0.3) is 0 Å². The number of carbonyl (C=O) groups is 1. The number of rotatable bonds is 1. The first-order valence-electron chi connectivity index (χ1n) is 3.47. The van der Waals surface area contributed by atoms with Crippen LogP contribution < -0.4 is 9.47 Å². The highest BCUT2D eigenvalue weighted by molar-refractivity contribution is 5.77. The maximum Gasteiger partial charge on any atom is 0.231 e. The van der Waals surface area contributed by atoms with E-state index < -0.39 is 11.6 Å². The van der Waals surface area contributed by atoms with E-state index in [-0.39, 0.29) is 30.1 Å². The highest BCUT2D eigenvalue weighted by Crippen LogP contribution is 2.37. The average Bonchev–Trinajstić information content (AvgIpc) is 2.59. The lowest BCUT2D eigenvalue weighted by atomic mass is 10.2. The molecule has 1 aliphatic heterocycles. The van der Waals surface area contributed by atoms with Gasteiger partial charge in [-0.15, -0.1) is 0 Å². The van der Waals surface area contributed by atoms with Crippen molar-refractivity contribution < 1.29 is 23.0 Å². The zero-order valence-corrected chi connectivity index (χ0v) is 6.34. The molecule has 0 aliphatic carbocycles. The minimum atomic E-state index is -1.21. The summed E-state index contributed by atoms with van der Waals surface area (Å²) in [5.74, 6) is -2.61. The third-order valence-electron chi connectivity index (χ3n) is 1.70. The van der Waals surface area contributed by atoms with Gasteiger partial charge in [-0.1, -0.05) is 0 Å². The van der Waals surface area contributed by atoms with E-state index in [9.17, 15) is 13.6 Å². The van der Waals surface area contributed by atoms with Gasteiger partial charge in [0.05, 0.1) is 5.56 Å². The molecule has 0 saturated carbocycles. The lowest BCUT2D eigenvalue weighted by Crippen LogP contribution is -1.95. The first kappa shape index (κ1) is 7.97. The van der Waals surface area contributed by atoms with E-state index in [4.69, 9.17) is 4.74 Å². The molecule has 0 amide bonds. The molecule has 13 heavy (non-hydrogen) atoms. The SMILES string of the molecule is O=Cc1cc2c(c(F)c1F)OCO2. The lowest BCUT2D eigenvalue weighted by Gasteiger charge is -2.00. The Kier molecular flexibility index (Phi) is 1.65. The lowest BCUT2D eigenvalue weighted by molar-refractivity contribution is 0.111. The Hall–Kier alpha value is -1.65. The first-order chi connectivity index (χ1) is 6.24. The molecule has 68 valence electrons. The van der Waals surface area contributed by atoms with Gasteiger partial charge < -0.3 is 9.47 Å². The molecular formula is C8H4F2O3. The summed E-state index contributed by atoms with van der Waals surface area (Å²) >= 11 is 0. The molecule has 0 spiro atoms. The largest absolute Gasteiger partial charge is 0.453 e. The van der Waals surface area contributed by atoms with E-state index >= 15 is 0 Å². The molecule has 3 nitrogen and oxygen atoms in total. The van der Waals surface area contributed by atoms with Crippen LogP contribution in [0.3, 0.4) is 0 Å². The summed E-state index contributed by atoms with van der Waals surface area (Å²) in [5.41, 5.74) is -0.373. The normalized spacial score (nSPS) is 13.1. The van der Waals surface area contributed by atoms with Crippen LogP contribution in [0.1, 0.15) is 10.4 Å². The van der Waals surface area contributed by atoms with Crippen molar-refractivity contribution in [2.45, 2.75) is 0 Å². The summed E-state index contributed by atoms with van der Waals surface area (Å²) in [7, 11) is 0. The molecule has 2 rings (SSSR count). The van der Waals surface area contributed by atoms with E-state index in [0.717, 1.165) is 6.07 Å². The predicted octanol–water partition coefficient (Wildman–Crippen LogP) is 1.51. The molecule has 0 bridgehead atoms. The van der Waals surface area contributed by atoms with Gasteiger partial charge in [0, 0.05) is 0 Å². The fourth-order valence-corrected chi connectivity index (χ4v) is 1.08. The van der Waals surface area contributed by atoms with Crippen molar-refractivity contribution >= 4 is 6.29 Å². The van der Waals surface area contributed by atoms with Gasteiger partial charge in [-0.3, -0.25) is 4.79 Å². The highest BCUT2D eigenvalue weighted by atomic mass is 19.2. The summed E-state index contributed by atoms with van der Waals surface area (Å²) in [4.78, 5) is 10.3. The molecule has 0 radical (unpaired) electrons. The van der Waals surface area contributed by atoms with E-state index in [2.05, 4.69) is 4.74 Å². The molecular weight excluding hydrogens is 182 g/mol. The van der Waals surface area contributed by atoms with Crippen molar-refractivity contribution in [2.75, 3.05) is 6.79 Å². The Morgan fingerprint density at radius 1 is 1.31 bits per heavy atom. The van der Waals surface area contributed by atoms with Crippen LogP contribution in [-0.4, -0.2) is 13.1 Å². The van der Waals surface area contributed by atoms with Gasteiger partial charge >= 0.3 is 0 Å². The van der Waals surface area contributed by atoms with Gasteiger partial charge in [-0.05, 0) is 6.07 Å². The van der Waals surface area contributed by atoms with Crippen LogP contribution in [0.5, 0.6) is 11.5 Å². The second kappa shape index (κ2) is 2.69. The number of carbonyl (C=O) groups excluding carboxylic acids is 1. The quantitative estimate of drug-likeness (QED) is 0.623. The van der Waals surface area contributed by atoms with Crippen LogP contribution in [0.4, 0.5) is 8.78 Å². The molecule has 0 fully saturated rings. The van der Waals surface area contributed by atoms with Crippen molar-refractivity contribution in [2.24, 2.45) is 0 Å². The second-order valence-electron chi connectivity index (χ2n) is 2.45. The highest BCUT2D eigenvalue weighted by Gasteiger charge is 2.24. The number of aldehydes is 1. The van der Waals surface area contributed by atoms with Gasteiger partial charge in [-0.25, -0.2) is 4.39 Å². The number of halogens is 2. The molecule has 1 aromatic carbocycles. The smallest absolute Gasteiger partial charge is 0.231 e. The van der Waals surface area contributed by atoms with E-state index in [0.29, 0.717) is 0 Å². The fraction of sp³-hybridized carbons (Fsp3) is 0.125. The first-order valence-corrected chi connectivity index (χ1v) is 3.47. The minimum absolute atomic E-state index is 0.0565. The number of fused-ring (bicyclic) bond motifs is 1. The predicted molar refractivity (Wildman–Crippen MR) is 37.9 cm³/mol. The maximum atomic E-state index is 13.0. The summed E-state index contributed by atoms with van der Waals surface area (Å²) in [6.45, 7) is -0.159. The molecule has 1 aromatic rings. The molecule has 0 N–H and O–H groups in total. The zero-order chi connectivity index (χ0) is 9.42. The second-order valence-corrected chi connectivity index (χ2v) is 2.45. The van der Waals surface area contributed by atoms with E-state index in [1.165, 1.54) is 0 Å². The molecule has 1 aliphatic rings. The number of hydrogen-bond donors (Lipinski definition) is 0. The summed E-state index contributed by atoms with van der Waals surface area (Å²) in [6, 6.07) is 1.10. The number of hydrogen-bond acceptors (Lipinski definition) is 3. The number of benzene rings is 1. The monoisotopic (exact) mass is 186 g/mol. The summed E-state index contributed by atoms with van der Waals surface area (Å²) in [6.07, 6.45) is 0.223. The Balaban J connectivity index is 2.68. The third kappa shape index (κ3) is 1.04. The van der Waals surface area contributed by atoms with Gasteiger partial charge in [0.2, 0.25) is 18.4 Å². The minimum Gasteiger partial charge on any atom is -0.453 e. The van der Waals surface area contributed by atoms with Crippen LogP contribution in [0, 0.1) is 11.6 Å². The van der Waals surface area contributed by atoms with Crippen molar-refractivity contribution in [3.8, 4) is 11.5 Å². The Labute approximate surface area is 71.9 Å². The fourth-order valence-electron chi connectivity index (χ4n) is 1.08. The standard InChI is InChI=1S/C8H4F2O3/c9-6-4(2-11)1-5-8(7(6)10)13-3-12-5/h1-2H,3H2. The molecule has 0 atom stereocenters. The molecule has 0 unspecified atom stereocenters. The third-order valence-corrected chi connectivity index (χ3v) is 1.70. The van der Waals surface area contributed by atoms with Crippen LogP contribution >= 0.6 is 0 Å². The average molecular weight is 186 g/mol. The topological polar surface area (TPSA) is 35.5 Å². The molecule has 0 aromatic heterocycles. The van der Waals surface area contributed by atoms with Gasteiger partial charge in [0.25, 0.3) is 0 Å². The zero-order valence-electron chi connectivity index (χ0n) is 6.34. The Morgan fingerprint density at radius 3 is 2.77 bits per heavy atom. The van der Waals surface area contributed by atoms with Gasteiger partial charge in [0.1, 0.15) is 0 Å². The van der Waals surface area contributed by atoms with E-state index in [1.807, 2.05) is 0 Å². The van der Waals surface area contributed by atoms with Crippen LogP contribution in [0.15, 0.2) is 6.07 Å². The molecule has 5 heteroatoms. The number of ether oxygens (including phenoxy) is 2. The van der Waals surface area contributed by atoms with Gasteiger partial charge in [-0.2, -0.15) is 4.39 Å². The summed E-state index contributed by atoms with van der Waals surface area (Å²) in [5, 5.41) is 0. The van der Waals surface area contributed by atoms with Crippen molar-refractivity contribution in [3.05, 3.63) is 23.3 Å². The maximum absolute atomic E-state index is 13.0. The molecule has 1 heterocycles. The Bertz CT molecular complexity index is 376. The van der Waals surface area contributed by atoms with E-state index in [1.54, 1.807) is 0 Å².